The summed E-state index contributed by atoms with van der Waals surface area (Å²) in [5, 5.41) is 7.04. The highest BCUT2D eigenvalue weighted by Gasteiger charge is 2.23. The summed E-state index contributed by atoms with van der Waals surface area (Å²) in [6.07, 6.45) is 1.76. The van der Waals surface area contributed by atoms with Gasteiger partial charge in [-0.1, -0.05) is 61.2 Å². The van der Waals surface area contributed by atoms with Crippen molar-refractivity contribution in [3.63, 3.8) is 0 Å². The van der Waals surface area contributed by atoms with Crippen LogP contribution in [0.2, 0.25) is 19.6 Å². The first-order chi connectivity index (χ1) is 15.4. The van der Waals surface area contributed by atoms with E-state index in [9.17, 15) is 0 Å². The molecule has 6 rings (SSSR count). The van der Waals surface area contributed by atoms with Gasteiger partial charge in [0.25, 0.3) is 0 Å². The summed E-state index contributed by atoms with van der Waals surface area (Å²) in [6.45, 7) is 9.13. The zero-order chi connectivity index (χ0) is 22.0. The van der Waals surface area contributed by atoms with Crippen LogP contribution in [-0.4, -0.2) is 23.0 Å². The van der Waals surface area contributed by atoms with Crippen molar-refractivity contribution in [3.05, 3.63) is 72.7 Å². The number of aromatic nitrogens is 3. The molecule has 4 nitrogen and oxygen atoms in total. The molecule has 0 saturated carbocycles. The van der Waals surface area contributed by atoms with E-state index in [0.717, 1.165) is 44.3 Å². The average Bonchev–Trinajstić information content (AvgIpc) is 3.16. The number of para-hydroxylation sites is 1. The van der Waals surface area contributed by atoms with Crippen LogP contribution in [-0.2, 0) is 0 Å². The number of benzene rings is 3. The molecule has 0 aliphatic carbocycles. The van der Waals surface area contributed by atoms with Crippen molar-refractivity contribution in [1.29, 1.82) is 0 Å². The molecular weight excluding hydrogens is 410 g/mol. The fourth-order valence-corrected chi connectivity index (χ4v) is 6.33. The molecule has 32 heavy (non-hydrogen) atoms. The Hall–Kier alpha value is -3.57. The lowest BCUT2D eigenvalue weighted by molar-refractivity contribution is 0.655. The molecule has 0 aliphatic heterocycles. The standard InChI is InChI=1S/C27H23N3OSi/c1-16-29-24(21-10-6-9-18-19-11-7-15-28-27(19)31-26(18)21)20-14-13-17-8-5-12-22(32(2,3)4)23(17)25(20)30-16/h5-15H,1-4H3. The molecule has 0 radical (unpaired) electrons. The predicted molar refractivity (Wildman–Crippen MR) is 135 cm³/mol. The number of furan rings is 1. The third kappa shape index (κ3) is 2.78. The normalized spacial score (nSPS) is 12.4. The van der Waals surface area contributed by atoms with Crippen LogP contribution in [0.15, 0.2) is 71.3 Å². The van der Waals surface area contributed by atoms with E-state index in [1.54, 1.807) is 6.20 Å². The van der Waals surface area contributed by atoms with Gasteiger partial charge in [0.1, 0.15) is 11.4 Å². The maximum absolute atomic E-state index is 6.23. The van der Waals surface area contributed by atoms with Gasteiger partial charge in [0.2, 0.25) is 5.71 Å². The summed E-state index contributed by atoms with van der Waals surface area (Å²) < 4.78 is 6.23. The molecule has 0 fully saturated rings. The van der Waals surface area contributed by atoms with E-state index in [0.29, 0.717) is 5.71 Å². The third-order valence-electron chi connectivity index (χ3n) is 6.16. The Kier molecular flexibility index (Phi) is 4.01. The summed E-state index contributed by atoms with van der Waals surface area (Å²) in [5.41, 5.74) is 4.37. The molecule has 0 saturated heterocycles. The molecule has 6 aromatic rings. The summed E-state index contributed by atoms with van der Waals surface area (Å²) in [7, 11) is -1.58. The van der Waals surface area contributed by atoms with Crippen LogP contribution >= 0.6 is 0 Å². The molecule has 0 spiro atoms. The zero-order valence-electron chi connectivity index (χ0n) is 18.6. The van der Waals surface area contributed by atoms with Crippen molar-refractivity contribution in [2.24, 2.45) is 0 Å². The average molecular weight is 434 g/mol. The Bertz CT molecular complexity index is 1680. The molecular formula is C27H23N3OSi. The molecule has 3 heterocycles. The highest BCUT2D eigenvalue weighted by Crippen LogP contribution is 2.38. The Morgan fingerprint density at radius 3 is 2.44 bits per heavy atom. The predicted octanol–water partition coefficient (Wildman–Crippen LogP) is 6.60. The molecule has 0 aliphatic rings. The Morgan fingerprint density at radius 2 is 1.59 bits per heavy atom. The molecule has 0 bridgehead atoms. The van der Waals surface area contributed by atoms with Crippen LogP contribution in [0.5, 0.6) is 0 Å². The van der Waals surface area contributed by atoms with Gasteiger partial charge >= 0.3 is 0 Å². The van der Waals surface area contributed by atoms with Crippen LogP contribution in [0.4, 0.5) is 0 Å². The van der Waals surface area contributed by atoms with E-state index >= 15 is 0 Å². The van der Waals surface area contributed by atoms with Gasteiger partial charge in [-0.3, -0.25) is 0 Å². The quantitative estimate of drug-likeness (QED) is 0.228. The van der Waals surface area contributed by atoms with Crippen LogP contribution in [0, 0.1) is 6.92 Å². The smallest absolute Gasteiger partial charge is 0.227 e. The lowest BCUT2D eigenvalue weighted by atomic mass is 10.00. The van der Waals surface area contributed by atoms with Crippen molar-refractivity contribution < 1.29 is 4.42 Å². The highest BCUT2D eigenvalue weighted by atomic mass is 28.3. The second-order valence-electron chi connectivity index (χ2n) is 9.38. The van der Waals surface area contributed by atoms with Crippen molar-refractivity contribution in [1.82, 2.24) is 15.0 Å². The number of hydrogen-bond donors (Lipinski definition) is 0. The maximum Gasteiger partial charge on any atom is 0.227 e. The number of fused-ring (bicyclic) bond motifs is 6. The van der Waals surface area contributed by atoms with Gasteiger partial charge < -0.3 is 4.42 Å². The van der Waals surface area contributed by atoms with Crippen molar-refractivity contribution >= 4 is 57.0 Å². The van der Waals surface area contributed by atoms with Crippen LogP contribution in [0.3, 0.4) is 0 Å². The Balaban J connectivity index is 1.76. The number of pyridine rings is 1. The first-order valence-corrected chi connectivity index (χ1v) is 14.4. The third-order valence-corrected chi connectivity index (χ3v) is 8.19. The minimum Gasteiger partial charge on any atom is -0.437 e. The molecule has 3 aromatic carbocycles. The molecule has 156 valence electrons. The van der Waals surface area contributed by atoms with Crippen LogP contribution in [0.1, 0.15) is 5.82 Å². The largest absolute Gasteiger partial charge is 0.437 e. The van der Waals surface area contributed by atoms with Gasteiger partial charge in [-0.05, 0) is 36.6 Å². The minimum absolute atomic E-state index is 0.650. The topological polar surface area (TPSA) is 51.8 Å². The van der Waals surface area contributed by atoms with E-state index < -0.39 is 8.07 Å². The SMILES string of the molecule is Cc1nc(-c2cccc3c2oc2ncccc23)c2ccc3cccc([Si](C)(C)C)c3c2n1. The van der Waals surface area contributed by atoms with E-state index in [-0.39, 0.29) is 0 Å². The second kappa shape index (κ2) is 6.71. The highest BCUT2D eigenvalue weighted by molar-refractivity contribution is 6.90. The molecule has 3 aromatic heterocycles. The van der Waals surface area contributed by atoms with E-state index in [4.69, 9.17) is 14.4 Å². The van der Waals surface area contributed by atoms with Crippen molar-refractivity contribution in [2.45, 2.75) is 26.6 Å². The number of rotatable bonds is 2. The fourth-order valence-electron chi connectivity index (χ4n) is 4.73. The van der Waals surface area contributed by atoms with Gasteiger partial charge in [0.15, 0.2) is 0 Å². The molecule has 0 N–H and O–H groups in total. The van der Waals surface area contributed by atoms with Crippen LogP contribution < -0.4 is 5.19 Å². The lowest BCUT2D eigenvalue weighted by Crippen LogP contribution is -2.38. The fraction of sp³-hybridized carbons (Fsp3) is 0.148. The number of aryl methyl sites for hydroxylation is 1. The van der Waals surface area contributed by atoms with Crippen LogP contribution in [0.25, 0.3) is 55.0 Å². The Morgan fingerprint density at radius 1 is 0.781 bits per heavy atom. The lowest BCUT2D eigenvalue weighted by Gasteiger charge is -2.20. The summed E-state index contributed by atoms with van der Waals surface area (Å²) in [5.74, 6) is 0.761. The van der Waals surface area contributed by atoms with Gasteiger partial charge in [-0.15, -0.1) is 0 Å². The summed E-state index contributed by atoms with van der Waals surface area (Å²) >= 11 is 0. The molecule has 0 amide bonds. The first-order valence-electron chi connectivity index (χ1n) is 10.9. The zero-order valence-corrected chi connectivity index (χ0v) is 19.6. The summed E-state index contributed by atoms with van der Waals surface area (Å²) in [6, 6.07) is 21.2. The second-order valence-corrected chi connectivity index (χ2v) is 14.4. The maximum atomic E-state index is 6.23. The molecule has 0 unspecified atom stereocenters. The minimum atomic E-state index is -1.58. The monoisotopic (exact) mass is 433 g/mol. The van der Waals surface area contributed by atoms with E-state index in [1.807, 2.05) is 13.0 Å². The number of nitrogens with zero attached hydrogens (tertiary/aromatic N) is 3. The van der Waals surface area contributed by atoms with E-state index in [2.05, 4.69) is 79.2 Å². The van der Waals surface area contributed by atoms with Crippen molar-refractivity contribution in [2.75, 3.05) is 0 Å². The Labute approximate surface area is 187 Å². The van der Waals surface area contributed by atoms with Crippen molar-refractivity contribution in [3.8, 4) is 11.3 Å². The van der Waals surface area contributed by atoms with Gasteiger partial charge in [-0.25, -0.2) is 15.0 Å². The molecule has 5 heteroatoms. The van der Waals surface area contributed by atoms with E-state index in [1.165, 1.54) is 16.0 Å². The molecule has 0 atom stereocenters. The first kappa shape index (κ1) is 19.1. The van der Waals surface area contributed by atoms with Gasteiger partial charge in [0.05, 0.1) is 19.3 Å². The summed E-state index contributed by atoms with van der Waals surface area (Å²) in [4.78, 5) is 14.3. The van der Waals surface area contributed by atoms with Gasteiger partial charge in [0, 0.05) is 33.3 Å². The van der Waals surface area contributed by atoms with Gasteiger partial charge in [-0.2, -0.15) is 0 Å². The number of hydrogen-bond acceptors (Lipinski definition) is 4.